The van der Waals surface area contributed by atoms with Gasteiger partial charge in [-0.1, -0.05) is 23.2 Å². The number of urea groups is 1. The average molecular weight is 289 g/mol. The zero-order chi connectivity index (χ0) is 13.0. The molecule has 5 nitrogen and oxygen atoms in total. The Balaban J connectivity index is 1.82. The number of rotatable bonds is 3. The second kappa shape index (κ2) is 6.24. The highest BCUT2D eigenvalue weighted by Crippen LogP contribution is 2.22. The first kappa shape index (κ1) is 13.4. The highest BCUT2D eigenvalue weighted by molar-refractivity contribution is 6.35. The number of benzene rings is 1. The summed E-state index contributed by atoms with van der Waals surface area (Å²) in [6.45, 7) is 1.48. The summed E-state index contributed by atoms with van der Waals surface area (Å²) >= 11 is 11.7. The summed E-state index contributed by atoms with van der Waals surface area (Å²) in [6, 6.07) is 4.88. The summed E-state index contributed by atoms with van der Waals surface area (Å²) in [5.41, 5.74) is 6.64. The van der Waals surface area contributed by atoms with Gasteiger partial charge in [-0.3, -0.25) is 10.9 Å². The predicted octanol–water partition coefficient (Wildman–Crippen LogP) is 1.98. The van der Waals surface area contributed by atoms with E-state index in [4.69, 9.17) is 23.2 Å². The Bertz CT molecular complexity index is 415. The van der Waals surface area contributed by atoms with Gasteiger partial charge in [-0.25, -0.2) is 4.79 Å². The van der Waals surface area contributed by atoms with E-state index in [1.165, 1.54) is 0 Å². The van der Waals surface area contributed by atoms with Gasteiger partial charge in [0.15, 0.2) is 0 Å². The number of hydrogen-bond acceptors (Lipinski definition) is 3. The molecule has 0 bridgehead atoms. The largest absolute Gasteiger partial charge is 0.336 e. The summed E-state index contributed by atoms with van der Waals surface area (Å²) in [5.74, 6) is 0. The van der Waals surface area contributed by atoms with Crippen LogP contribution in [0.4, 0.5) is 10.5 Å². The Morgan fingerprint density at radius 3 is 2.67 bits per heavy atom. The number of amides is 2. The molecule has 1 aromatic carbocycles. The van der Waals surface area contributed by atoms with E-state index < -0.39 is 0 Å². The zero-order valence-corrected chi connectivity index (χ0v) is 11.1. The molecule has 1 aliphatic rings. The van der Waals surface area contributed by atoms with Gasteiger partial charge >= 0.3 is 6.03 Å². The van der Waals surface area contributed by atoms with Crippen LogP contribution in [0.15, 0.2) is 18.2 Å². The van der Waals surface area contributed by atoms with Crippen molar-refractivity contribution >= 4 is 34.9 Å². The molecule has 0 aromatic heterocycles. The second-order valence-electron chi connectivity index (χ2n) is 4.05. The van der Waals surface area contributed by atoms with E-state index in [1.54, 1.807) is 18.2 Å². The van der Waals surface area contributed by atoms with Crippen molar-refractivity contribution in [1.82, 2.24) is 16.2 Å². The second-order valence-corrected chi connectivity index (χ2v) is 4.92. The maximum atomic E-state index is 11.6. The van der Waals surface area contributed by atoms with Gasteiger partial charge in [0, 0.05) is 34.9 Å². The Kier molecular flexibility index (Phi) is 4.66. The van der Waals surface area contributed by atoms with Crippen LogP contribution < -0.4 is 21.5 Å². The van der Waals surface area contributed by atoms with Crippen LogP contribution in [-0.2, 0) is 0 Å². The molecule has 0 radical (unpaired) electrons. The molecule has 7 heteroatoms. The van der Waals surface area contributed by atoms with E-state index >= 15 is 0 Å². The van der Waals surface area contributed by atoms with Gasteiger partial charge in [-0.2, -0.15) is 0 Å². The Morgan fingerprint density at radius 2 is 2.06 bits per heavy atom. The number of anilines is 1. The summed E-state index contributed by atoms with van der Waals surface area (Å²) in [5, 5.41) is 6.42. The van der Waals surface area contributed by atoms with Crippen molar-refractivity contribution in [2.24, 2.45) is 0 Å². The lowest BCUT2D eigenvalue weighted by molar-refractivity contribution is 0.251. The molecule has 4 N–H and O–H groups in total. The predicted molar refractivity (Wildman–Crippen MR) is 73.0 cm³/mol. The lowest BCUT2D eigenvalue weighted by Crippen LogP contribution is -2.41. The number of carbonyl (C=O) groups is 1. The summed E-state index contributed by atoms with van der Waals surface area (Å²) < 4.78 is 0. The quantitative estimate of drug-likeness (QED) is 0.688. The first-order chi connectivity index (χ1) is 8.63. The third-order valence-corrected chi connectivity index (χ3v) is 2.99. The summed E-state index contributed by atoms with van der Waals surface area (Å²) in [6.07, 6.45) is 0.989. The lowest BCUT2D eigenvalue weighted by atomic mass is 10.2. The topological polar surface area (TPSA) is 65.2 Å². The molecule has 1 aliphatic heterocycles. The molecule has 1 aromatic rings. The van der Waals surface area contributed by atoms with Gasteiger partial charge in [0.2, 0.25) is 0 Å². The number of halogens is 2. The van der Waals surface area contributed by atoms with E-state index in [0.717, 1.165) is 13.0 Å². The Morgan fingerprint density at radius 1 is 1.33 bits per heavy atom. The van der Waals surface area contributed by atoms with Gasteiger partial charge in [0.05, 0.1) is 0 Å². The number of carbonyl (C=O) groups excluding carboxylic acids is 1. The fraction of sp³-hybridized carbons (Fsp3) is 0.364. The minimum absolute atomic E-state index is 0.263. The van der Waals surface area contributed by atoms with Crippen LogP contribution in [0.5, 0.6) is 0 Å². The van der Waals surface area contributed by atoms with Crippen LogP contribution in [0.3, 0.4) is 0 Å². The molecule has 0 aliphatic carbocycles. The van der Waals surface area contributed by atoms with E-state index in [2.05, 4.69) is 21.5 Å². The number of hydrogen-bond donors (Lipinski definition) is 4. The van der Waals surface area contributed by atoms with Gasteiger partial charge in [0.25, 0.3) is 0 Å². The van der Waals surface area contributed by atoms with Crippen LogP contribution >= 0.6 is 23.2 Å². The molecular weight excluding hydrogens is 275 g/mol. The normalized spacial score (nSPS) is 18.7. The van der Waals surface area contributed by atoms with Crippen molar-refractivity contribution in [2.75, 3.05) is 18.4 Å². The van der Waals surface area contributed by atoms with Crippen molar-refractivity contribution in [3.05, 3.63) is 28.2 Å². The third-order valence-electron chi connectivity index (χ3n) is 2.55. The molecule has 1 unspecified atom stereocenters. The third kappa shape index (κ3) is 4.03. The standard InChI is InChI=1S/C11H14Cl2N4O/c12-7-3-8(13)5-10(4-7)16-11(18)14-6-9-1-2-15-17-9/h3-5,9,15,17H,1-2,6H2,(H2,14,16,18). The minimum atomic E-state index is -0.276. The smallest absolute Gasteiger partial charge is 0.319 e. The van der Waals surface area contributed by atoms with Crippen LogP contribution in [0.1, 0.15) is 6.42 Å². The SMILES string of the molecule is O=C(NCC1CCNN1)Nc1cc(Cl)cc(Cl)c1. The highest BCUT2D eigenvalue weighted by atomic mass is 35.5. The van der Waals surface area contributed by atoms with E-state index in [-0.39, 0.29) is 12.1 Å². The molecule has 0 saturated carbocycles. The first-order valence-electron chi connectivity index (χ1n) is 5.63. The number of nitrogens with one attached hydrogen (secondary N) is 4. The van der Waals surface area contributed by atoms with Crippen molar-refractivity contribution < 1.29 is 4.79 Å². The van der Waals surface area contributed by atoms with Crippen molar-refractivity contribution in [1.29, 1.82) is 0 Å². The first-order valence-corrected chi connectivity index (χ1v) is 6.38. The molecule has 2 amide bonds. The average Bonchev–Trinajstić information content (AvgIpc) is 2.77. The molecule has 1 atom stereocenters. The van der Waals surface area contributed by atoms with E-state index in [0.29, 0.717) is 22.3 Å². The van der Waals surface area contributed by atoms with Gasteiger partial charge < -0.3 is 10.6 Å². The van der Waals surface area contributed by atoms with E-state index in [1.807, 2.05) is 0 Å². The molecule has 2 rings (SSSR count). The van der Waals surface area contributed by atoms with Crippen molar-refractivity contribution in [2.45, 2.75) is 12.5 Å². The lowest BCUT2D eigenvalue weighted by Gasteiger charge is -2.12. The van der Waals surface area contributed by atoms with E-state index in [9.17, 15) is 4.79 Å². The molecule has 0 spiro atoms. The highest BCUT2D eigenvalue weighted by Gasteiger charge is 2.14. The van der Waals surface area contributed by atoms with Crippen LogP contribution in [0.25, 0.3) is 0 Å². The molecule has 18 heavy (non-hydrogen) atoms. The van der Waals surface area contributed by atoms with Crippen LogP contribution in [0.2, 0.25) is 10.0 Å². The van der Waals surface area contributed by atoms with Crippen molar-refractivity contribution in [3.8, 4) is 0 Å². The number of hydrazine groups is 1. The molecule has 1 heterocycles. The molecule has 1 fully saturated rings. The van der Waals surface area contributed by atoms with Crippen LogP contribution in [-0.4, -0.2) is 25.2 Å². The van der Waals surface area contributed by atoms with Crippen molar-refractivity contribution in [3.63, 3.8) is 0 Å². The summed E-state index contributed by atoms with van der Waals surface area (Å²) in [4.78, 5) is 11.6. The Hall–Kier alpha value is -1.01. The fourth-order valence-corrected chi connectivity index (χ4v) is 2.23. The monoisotopic (exact) mass is 288 g/mol. The van der Waals surface area contributed by atoms with Gasteiger partial charge in [0.1, 0.15) is 0 Å². The van der Waals surface area contributed by atoms with Crippen LogP contribution in [0, 0.1) is 0 Å². The van der Waals surface area contributed by atoms with Gasteiger partial charge in [-0.15, -0.1) is 0 Å². The summed E-state index contributed by atoms with van der Waals surface area (Å²) in [7, 11) is 0. The Labute approximate surface area is 115 Å². The minimum Gasteiger partial charge on any atom is -0.336 e. The molecular formula is C11H14Cl2N4O. The maximum Gasteiger partial charge on any atom is 0.319 e. The molecule has 98 valence electrons. The van der Waals surface area contributed by atoms with Gasteiger partial charge in [-0.05, 0) is 24.6 Å². The molecule has 1 saturated heterocycles. The fourth-order valence-electron chi connectivity index (χ4n) is 1.71. The maximum absolute atomic E-state index is 11.6. The zero-order valence-electron chi connectivity index (χ0n) is 9.59.